The Morgan fingerprint density at radius 1 is 1.07 bits per heavy atom. The van der Waals surface area contributed by atoms with Gasteiger partial charge in [0.1, 0.15) is 0 Å². The molecule has 0 amide bonds. The molecule has 0 saturated heterocycles. The maximum atomic E-state index is 3.75. The van der Waals surface area contributed by atoms with Gasteiger partial charge in [-0.1, -0.05) is 0 Å². The van der Waals surface area contributed by atoms with Crippen LogP contribution in [-0.4, -0.2) is 30.8 Å². The second-order valence-corrected chi connectivity index (χ2v) is 3.32. The van der Waals surface area contributed by atoms with Gasteiger partial charge in [0, 0.05) is 0 Å². The van der Waals surface area contributed by atoms with E-state index in [1.807, 2.05) is 12.2 Å². The molecule has 0 fully saturated rings. The minimum absolute atomic E-state index is 0.856. The van der Waals surface area contributed by atoms with E-state index in [4.69, 9.17) is 0 Å². The molecule has 0 atom stereocenters. The van der Waals surface area contributed by atoms with Gasteiger partial charge >= 0.3 is 95.2 Å². The molecule has 1 aromatic carbocycles. The third kappa shape index (κ3) is 3.10. The van der Waals surface area contributed by atoms with Gasteiger partial charge < -0.3 is 0 Å². The van der Waals surface area contributed by atoms with Gasteiger partial charge in [0.05, 0.1) is 0 Å². The van der Waals surface area contributed by atoms with Crippen molar-refractivity contribution in [1.82, 2.24) is 0 Å². The van der Waals surface area contributed by atoms with E-state index in [0.29, 0.717) is 0 Å². The summed E-state index contributed by atoms with van der Waals surface area (Å²) in [4.78, 5) is 2.22. The molecule has 68 valence electrons. The maximum absolute atomic E-state index is 3.75. The van der Waals surface area contributed by atoms with E-state index in [9.17, 15) is 0 Å². The van der Waals surface area contributed by atoms with Gasteiger partial charge in [0.2, 0.25) is 0 Å². The minimum atomic E-state index is 0.856. The van der Waals surface area contributed by atoms with Crippen LogP contribution in [0.25, 0.3) is 0 Å². The molecule has 0 aliphatic heterocycles. The first kappa shape index (κ1) is 11.2. The fourth-order valence-corrected chi connectivity index (χ4v) is 1.35. The van der Waals surface area contributed by atoms with E-state index in [1.54, 1.807) is 0 Å². The summed E-state index contributed by atoms with van der Waals surface area (Å²) in [5, 5.41) is 0. The molecule has 0 unspecified atom stereocenters. The molecule has 0 aliphatic rings. The second kappa shape index (κ2) is 5.75. The van der Waals surface area contributed by atoms with Crippen LogP contribution < -0.4 is 9.14 Å². The van der Waals surface area contributed by atoms with Crippen LogP contribution in [0, 0.1) is 0 Å². The standard InChI is InChI=1S/C12H14N.Li/c1-3-10-13(11-4-2)12-8-6-5-7-9-12;/h3-4,6-9H,1-2,10-11H2;. The predicted molar refractivity (Wildman–Crippen MR) is 64.4 cm³/mol. The van der Waals surface area contributed by atoms with E-state index >= 15 is 0 Å². The van der Waals surface area contributed by atoms with Crippen molar-refractivity contribution in [3.63, 3.8) is 0 Å². The van der Waals surface area contributed by atoms with Gasteiger partial charge in [0.25, 0.3) is 0 Å². The zero-order chi connectivity index (χ0) is 10.4. The Labute approximate surface area is 95.3 Å². The number of benzene rings is 1. The number of hydrogen-bond donors (Lipinski definition) is 0. The summed E-state index contributed by atoms with van der Waals surface area (Å²) in [5.41, 5.74) is 1.22. The second-order valence-electron chi connectivity index (χ2n) is 3.32. The molecule has 0 spiro atoms. The molecule has 1 rings (SSSR count). The van der Waals surface area contributed by atoms with Crippen molar-refractivity contribution in [3.05, 3.63) is 49.6 Å². The molecular weight excluding hydrogens is 165 g/mol. The Bertz CT molecular complexity index is 293. The monoisotopic (exact) mass is 179 g/mol. The van der Waals surface area contributed by atoms with Crippen LogP contribution in [0.3, 0.4) is 0 Å². The third-order valence-electron chi connectivity index (χ3n) is 2.10. The molecule has 0 heterocycles. The first-order valence-electron chi connectivity index (χ1n) is 4.81. The summed E-state index contributed by atoms with van der Waals surface area (Å²) in [6.07, 6.45) is 3.81. The van der Waals surface area contributed by atoms with Crippen molar-refractivity contribution in [2.45, 2.75) is 0 Å². The molecule has 0 radical (unpaired) electrons. The number of hydrogen-bond acceptors (Lipinski definition) is 1. The molecule has 0 saturated carbocycles. The Morgan fingerprint density at radius 2 is 1.57 bits per heavy atom. The van der Waals surface area contributed by atoms with Crippen LogP contribution in [0.4, 0.5) is 5.69 Å². The summed E-state index contributed by atoms with van der Waals surface area (Å²) < 4.78 is 1.28. The zero-order valence-corrected chi connectivity index (χ0v) is 8.74. The fraction of sp³-hybridized carbons (Fsp3) is 0.167. The van der Waals surface area contributed by atoms with Crippen LogP contribution in [-0.2, 0) is 0 Å². The Balaban J connectivity index is 2.80. The SMILES string of the molecule is [Li][c]1ccc(N(CC=C)CC=C)cc1. The molecule has 14 heavy (non-hydrogen) atoms. The molecule has 0 bridgehead atoms. The van der Waals surface area contributed by atoms with E-state index in [-0.39, 0.29) is 0 Å². The van der Waals surface area contributed by atoms with Crippen LogP contribution in [0.15, 0.2) is 49.6 Å². The van der Waals surface area contributed by atoms with Crippen molar-refractivity contribution in [1.29, 1.82) is 0 Å². The molecule has 2 heteroatoms. The third-order valence-corrected chi connectivity index (χ3v) is 2.10. The van der Waals surface area contributed by atoms with Gasteiger partial charge in [-0.05, 0) is 0 Å². The summed E-state index contributed by atoms with van der Waals surface area (Å²) in [6.45, 7) is 9.21. The first-order valence-corrected chi connectivity index (χ1v) is 4.81. The average molecular weight is 179 g/mol. The van der Waals surface area contributed by atoms with E-state index in [2.05, 4.69) is 60.0 Å². The van der Waals surface area contributed by atoms with E-state index in [1.165, 1.54) is 9.92 Å². The summed E-state index contributed by atoms with van der Waals surface area (Å²) in [6, 6.07) is 8.49. The topological polar surface area (TPSA) is 3.24 Å². The van der Waals surface area contributed by atoms with E-state index in [0.717, 1.165) is 13.1 Å². The fourth-order valence-electron chi connectivity index (χ4n) is 1.35. The Kier molecular flexibility index (Phi) is 4.59. The number of anilines is 1. The molecule has 0 aliphatic carbocycles. The average Bonchev–Trinajstić information content (AvgIpc) is 2.19. The molecule has 0 aromatic heterocycles. The number of rotatable bonds is 5. The zero-order valence-electron chi connectivity index (χ0n) is 8.74. The molecule has 1 nitrogen and oxygen atoms in total. The summed E-state index contributed by atoms with van der Waals surface area (Å²) in [5.74, 6) is 0. The van der Waals surface area contributed by atoms with Crippen molar-refractivity contribution >= 4 is 27.6 Å². The van der Waals surface area contributed by atoms with Gasteiger partial charge in [-0.25, -0.2) is 0 Å². The van der Waals surface area contributed by atoms with Gasteiger partial charge in [0.15, 0.2) is 0 Å². The van der Waals surface area contributed by atoms with E-state index < -0.39 is 0 Å². The Morgan fingerprint density at radius 3 is 2.00 bits per heavy atom. The van der Waals surface area contributed by atoms with Crippen molar-refractivity contribution in [2.24, 2.45) is 0 Å². The summed E-state index contributed by atoms with van der Waals surface area (Å²) >= 11 is 2.09. The van der Waals surface area contributed by atoms with Crippen molar-refractivity contribution in [3.8, 4) is 0 Å². The Hall–Kier alpha value is -0.903. The molecule has 0 N–H and O–H groups in total. The summed E-state index contributed by atoms with van der Waals surface area (Å²) in [7, 11) is 0. The van der Waals surface area contributed by atoms with Gasteiger partial charge in [-0.2, -0.15) is 0 Å². The molecule has 1 aromatic rings. The van der Waals surface area contributed by atoms with Crippen LogP contribution in [0.2, 0.25) is 0 Å². The quantitative estimate of drug-likeness (QED) is 0.491. The van der Waals surface area contributed by atoms with Crippen molar-refractivity contribution in [2.75, 3.05) is 18.0 Å². The van der Waals surface area contributed by atoms with Crippen LogP contribution in [0.5, 0.6) is 0 Å². The van der Waals surface area contributed by atoms with Gasteiger partial charge in [-0.15, -0.1) is 0 Å². The van der Waals surface area contributed by atoms with Crippen molar-refractivity contribution < 1.29 is 0 Å². The molecular formula is C12H14LiN. The predicted octanol–water partition coefficient (Wildman–Crippen LogP) is 1.66. The van der Waals surface area contributed by atoms with Crippen LogP contribution in [0.1, 0.15) is 0 Å². The van der Waals surface area contributed by atoms with Crippen LogP contribution >= 0.6 is 0 Å². The first-order chi connectivity index (χ1) is 6.77. The normalized spacial score (nSPS) is 9.57. The van der Waals surface area contributed by atoms with Gasteiger partial charge in [-0.3, -0.25) is 0 Å². The number of nitrogens with zero attached hydrogens (tertiary/aromatic N) is 1.